The Hall–Kier alpha value is -3.27. The zero-order valence-electron chi connectivity index (χ0n) is 20.4. The molecule has 1 aliphatic heterocycles. The zero-order valence-corrected chi connectivity index (χ0v) is 21.2. The van der Waals surface area contributed by atoms with E-state index >= 15 is 0 Å². The number of piperidine rings is 1. The molecule has 3 N–H and O–H groups in total. The molecule has 2 heterocycles. The predicted molar refractivity (Wildman–Crippen MR) is 134 cm³/mol. The fraction of sp³-hybridized carbons (Fsp3) is 0.480. The highest BCUT2D eigenvalue weighted by Gasteiger charge is 2.27. The summed E-state index contributed by atoms with van der Waals surface area (Å²) in [7, 11) is 0. The van der Waals surface area contributed by atoms with Gasteiger partial charge in [-0.25, -0.2) is 14.4 Å². The first kappa shape index (κ1) is 26.3. The number of carboxylic acids is 2. The van der Waals surface area contributed by atoms with Gasteiger partial charge in [-0.15, -0.1) is 11.3 Å². The number of aliphatic carboxylic acids is 1. The lowest BCUT2D eigenvalue weighted by molar-refractivity contribution is -0.139. The molecule has 1 aliphatic rings. The minimum atomic E-state index is -1.17. The molecule has 1 aromatic heterocycles. The molecule has 3 rings (SSSR count). The quantitative estimate of drug-likeness (QED) is 0.461. The Balaban J connectivity index is 1.63. The summed E-state index contributed by atoms with van der Waals surface area (Å²) in [5.41, 5.74) is 1.82. The van der Waals surface area contributed by atoms with E-state index in [1.807, 2.05) is 45.0 Å². The molecule has 0 unspecified atom stereocenters. The van der Waals surface area contributed by atoms with Crippen LogP contribution >= 0.6 is 11.3 Å². The number of rotatable bonds is 8. The van der Waals surface area contributed by atoms with Crippen molar-refractivity contribution in [1.82, 2.24) is 4.90 Å². The Morgan fingerprint density at radius 2 is 1.86 bits per heavy atom. The second kappa shape index (κ2) is 11.0. The predicted octanol–water partition coefficient (Wildman–Crippen LogP) is 4.94. The Kier molecular flexibility index (Phi) is 8.26. The molecule has 1 amide bonds. The second-order valence-electron chi connectivity index (χ2n) is 9.57. The molecular weight excluding hydrogens is 472 g/mol. The number of carbonyl (C=O) groups excluding carboxylic acids is 1. The van der Waals surface area contributed by atoms with Crippen molar-refractivity contribution in [3.63, 3.8) is 0 Å². The first-order valence-corrected chi connectivity index (χ1v) is 12.3. The molecule has 0 radical (unpaired) electrons. The minimum absolute atomic E-state index is 0.0196. The standard InChI is InChI=1S/C25H32N2O7S/c1-15-20(33-14-19(28)29)22(23(30)31)35-21(15)17-6-5-7-18(12-17)26-13-16-8-10-27(11-9-16)24(32)34-25(2,3)4/h5-7,12,16,26H,8-11,13-14H2,1-4H3,(H,28,29)(H,30,31). The molecule has 35 heavy (non-hydrogen) atoms. The maximum Gasteiger partial charge on any atom is 0.410 e. The van der Waals surface area contributed by atoms with E-state index in [0.29, 0.717) is 24.6 Å². The van der Waals surface area contributed by atoms with Crippen molar-refractivity contribution >= 4 is 35.1 Å². The molecule has 190 valence electrons. The molecule has 0 spiro atoms. The van der Waals surface area contributed by atoms with Crippen molar-refractivity contribution < 1.29 is 34.1 Å². The molecule has 0 atom stereocenters. The van der Waals surface area contributed by atoms with Crippen LogP contribution in [0.25, 0.3) is 10.4 Å². The van der Waals surface area contributed by atoms with Crippen LogP contribution in [-0.4, -0.2) is 65.0 Å². The largest absolute Gasteiger partial charge is 0.480 e. The van der Waals surface area contributed by atoms with Crippen molar-refractivity contribution in [3.05, 3.63) is 34.7 Å². The molecule has 1 saturated heterocycles. The fourth-order valence-corrected chi connectivity index (χ4v) is 4.99. The monoisotopic (exact) mass is 504 g/mol. The van der Waals surface area contributed by atoms with Gasteiger partial charge < -0.3 is 29.9 Å². The first-order chi connectivity index (χ1) is 16.4. The van der Waals surface area contributed by atoms with Crippen LogP contribution in [0, 0.1) is 12.8 Å². The Morgan fingerprint density at radius 3 is 2.46 bits per heavy atom. The third-order valence-corrected chi connectivity index (χ3v) is 6.92. The number of hydrogen-bond donors (Lipinski definition) is 3. The molecule has 1 fully saturated rings. The number of amides is 1. The summed E-state index contributed by atoms with van der Waals surface area (Å²) in [5, 5.41) is 21.9. The van der Waals surface area contributed by atoms with Gasteiger partial charge in [-0.3, -0.25) is 0 Å². The molecule has 2 aromatic rings. The zero-order chi connectivity index (χ0) is 25.8. The maximum atomic E-state index is 12.3. The Morgan fingerprint density at radius 1 is 1.17 bits per heavy atom. The number of nitrogens with zero attached hydrogens (tertiary/aromatic N) is 1. The van der Waals surface area contributed by atoms with Crippen molar-refractivity contribution in [1.29, 1.82) is 0 Å². The lowest BCUT2D eigenvalue weighted by Gasteiger charge is -2.33. The third-order valence-electron chi connectivity index (χ3n) is 5.61. The van der Waals surface area contributed by atoms with Crippen LogP contribution < -0.4 is 10.1 Å². The van der Waals surface area contributed by atoms with Gasteiger partial charge in [0, 0.05) is 35.8 Å². The van der Waals surface area contributed by atoms with E-state index in [9.17, 15) is 19.5 Å². The summed E-state index contributed by atoms with van der Waals surface area (Å²) in [6.45, 7) is 8.78. The van der Waals surface area contributed by atoms with Gasteiger partial charge in [-0.05, 0) is 64.2 Å². The molecule has 0 bridgehead atoms. The van der Waals surface area contributed by atoms with E-state index in [2.05, 4.69) is 5.32 Å². The number of carboxylic acid groups (broad SMARTS) is 2. The van der Waals surface area contributed by atoms with Gasteiger partial charge in [-0.2, -0.15) is 0 Å². The van der Waals surface area contributed by atoms with Crippen LogP contribution in [-0.2, 0) is 9.53 Å². The lowest BCUT2D eigenvalue weighted by atomic mass is 9.97. The second-order valence-corrected chi connectivity index (χ2v) is 10.6. The normalized spacial score (nSPS) is 14.5. The Labute approximate surface area is 208 Å². The van der Waals surface area contributed by atoms with Gasteiger partial charge >= 0.3 is 18.0 Å². The minimum Gasteiger partial charge on any atom is -0.480 e. The highest BCUT2D eigenvalue weighted by molar-refractivity contribution is 7.18. The van der Waals surface area contributed by atoms with E-state index in [-0.39, 0.29) is 16.7 Å². The summed E-state index contributed by atoms with van der Waals surface area (Å²) in [5.74, 6) is -1.82. The molecule has 10 heteroatoms. The van der Waals surface area contributed by atoms with Gasteiger partial charge in [-0.1, -0.05) is 12.1 Å². The van der Waals surface area contributed by atoms with Crippen LogP contribution in [0.4, 0.5) is 10.5 Å². The molecule has 0 aliphatic carbocycles. The van der Waals surface area contributed by atoms with Crippen LogP contribution in [0.1, 0.15) is 48.8 Å². The smallest absolute Gasteiger partial charge is 0.410 e. The number of aromatic carboxylic acids is 1. The topological polar surface area (TPSA) is 125 Å². The number of nitrogens with one attached hydrogen (secondary N) is 1. The van der Waals surface area contributed by atoms with E-state index in [4.69, 9.17) is 14.6 Å². The van der Waals surface area contributed by atoms with E-state index < -0.39 is 24.1 Å². The van der Waals surface area contributed by atoms with Crippen LogP contribution in [0.5, 0.6) is 5.75 Å². The van der Waals surface area contributed by atoms with Gasteiger partial charge in [0.15, 0.2) is 11.5 Å². The summed E-state index contributed by atoms with van der Waals surface area (Å²) < 4.78 is 10.7. The van der Waals surface area contributed by atoms with E-state index in [1.54, 1.807) is 11.8 Å². The van der Waals surface area contributed by atoms with E-state index in [1.165, 1.54) is 0 Å². The summed E-state index contributed by atoms with van der Waals surface area (Å²) in [6.07, 6.45) is 1.49. The summed E-state index contributed by atoms with van der Waals surface area (Å²) >= 11 is 1.07. The fourth-order valence-electron chi connectivity index (χ4n) is 3.90. The van der Waals surface area contributed by atoms with Crippen molar-refractivity contribution in [2.24, 2.45) is 5.92 Å². The van der Waals surface area contributed by atoms with Gasteiger partial charge in [0.05, 0.1) is 0 Å². The van der Waals surface area contributed by atoms with Crippen molar-refractivity contribution in [2.75, 3.05) is 31.6 Å². The average molecular weight is 505 g/mol. The van der Waals surface area contributed by atoms with Gasteiger partial charge in [0.2, 0.25) is 0 Å². The number of thiophene rings is 1. The van der Waals surface area contributed by atoms with Crippen LogP contribution in [0.15, 0.2) is 24.3 Å². The summed E-state index contributed by atoms with van der Waals surface area (Å²) in [4.78, 5) is 37.3. The Bertz CT molecular complexity index is 1080. The highest BCUT2D eigenvalue weighted by Crippen LogP contribution is 2.42. The van der Waals surface area contributed by atoms with E-state index in [0.717, 1.165) is 46.9 Å². The number of benzene rings is 1. The van der Waals surface area contributed by atoms with Crippen LogP contribution in [0.2, 0.25) is 0 Å². The number of carbonyl (C=O) groups is 3. The third kappa shape index (κ3) is 7.11. The van der Waals surface area contributed by atoms with Gasteiger partial charge in [0.25, 0.3) is 0 Å². The molecule has 0 saturated carbocycles. The number of anilines is 1. The number of likely N-dealkylation sites (tertiary alicyclic amines) is 1. The average Bonchev–Trinajstić information content (AvgIpc) is 3.12. The molecule has 9 nitrogen and oxygen atoms in total. The van der Waals surface area contributed by atoms with Crippen molar-refractivity contribution in [2.45, 2.75) is 46.1 Å². The maximum absolute atomic E-state index is 12.3. The molecular formula is C25H32N2O7S. The SMILES string of the molecule is Cc1c(-c2cccc(NCC3CCN(C(=O)OC(C)(C)C)CC3)c2)sc(C(=O)O)c1OCC(=O)O. The van der Waals surface area contributed by atoms with Crippen LogP contribution in [0.3, 0.4) is 0 Å². The highest BCUT2D eigenvalue weighted by atomic mass is 32.1. The number of ether oxygens (including phenoxy) is 2. The van der Waals surface area contributed by atoms with Gasteiger partial charge in [0.1, 0.15) is 11.4 Å². The lowest BCUT2D eigenvalue weighted by Crippen LogP contribution is -2.42. The van der Waals surface area contributed by atoms with Crippen molar-refractivity contribution in [3.8, 4) is 16.2 Å². The number of hydrogen-bond acceptors (Lipinski definition) is 7. The summed E-state index contributed by atoms with van der Waals surface area (Å²) in [6, 6.07) is 7.67. The molecule has 1 aromatic carbocycles. The first-order valence-electron chi connectivity index (χ1n) is 11.5.